The van der Waals surface area contributed by atoms with Crippen LogP contribution in [0.4, 0.5) is 0 Å². The highest BCUT2D eigenvalue weighted by molar-refractivity contribution is 5.84. The number of esters is 1. The summed E-state index contributed by atoms with van der Waals surface area (Å²) in [4.78, 5) is 24.9. The van der Waals surface area contributed by atoms with E-state index in [0.717, 1.165) is 48.1 Å². The van der Waals surface area contributed by atoms with Crippen molar-refractivity contribution >= 4 is 11.9 Å². The summed E-state index contributed by atoms with van der Waals surface area (Å²) in [6.45, 7) is 5.33. The van der Waals surface area contributed by atoms with Crippen LogP contribution in [0.5, 0.6) is 5.75 Å². The van der Waals surface area contributed by atoms with Crippen molar-refractivity contribution < 1.29 is 19.1 Å². The second kappa shape index (κ2) is 7.41. The van der Waals surface area contributed by atoms with Crippen molar-refractivity contribution in [2.45, 2.75) is 70.9 Å². The predicted octanol–water partition coefficient (Wildman–Crippen LogP) is 3.70. The first-order chi connectivity index (χ1) is 13.3. The Labute approximate surface area is 167 Å². The summed E-state index contributed by atoms with van der Waals surface area (Å²) in [5.74, 6) is 2.28. The van der Waals surface area contributed by atoms with Crippen molar-refractivity contribution in [2.24, 2.45) is 17.8 Å². The summed E-state index contributed by atoms with van der Waals surface area (Å²) in [6.07, 6.45) is 6.44. The van der Waals surface area contributed by atoms with Gasteiger partial charge in [0.2, 0.25) is 0 Å². The van der Waals surface area contributed by atoms with E-state index in [1.807, 2.05) is 32.0 Å². The van der Waals surface area contributed by atoms with E-state index in [-0.39, 0.29) is 18.1 Å². The number of ether oxygens (including phenoxy) is 2. The Morgan fingerprint density at radius 1 is 1.07 bits per heavy atom. The first-order valence-electron chi connectivity index (χ1n) is 10.5. The van der Waals surface area contributed by atoms with Gasteiger partial charge in [0.05, 0.1) is 0 Å². The normalized spacial score (nSPS) is 31.3. The van der Waals surface area contributed by atoms with Gasteiger partial charge in [0.25, 0.3) is 5.91 Å². The molecule has 1 aromatic rings. The highest BCUT2D eigenvalue weighted by atomic mass is 16.6. The largest absolute Gasteiger partial charge is 0.481 e. The van der Waals surface area contributed by atoms with Crippen LogP contribution >= 0.6 is 0 Å². The zero-order chi connectivity index (χ0) is 19.9. The summed E-state index contributed by atoms with van der Waals surface area (Å²) < 4.78 is 11.0. The van der Waals surface area contributed by atoms with Gasteiger partial charge in [-0.05, 0) is 88.2 Å². The molecule has 0 aromatic heterocycles. The van der Waals surface area contributed by atoms with Crippen LogP contribution in [-0.4, -0.2) is 30.1 Å². The molecular formula is C23H31NO4. The molecule has 28 heavy (non-hydrogen) atoms. The average Bonchev–Trinajstić information content (AvgIpc) is 2.59. The molecule has 5 nitrogen and oxygen atoms in total. The number of amides is 1. The molecule has 0 radical (unpaired) electrons. The van der Waals surface area contributed by atoms with Gasteiger partial charge in [-0.2, -0.15) is 0 Å². The number of para-hydroxylation sites is 1. The molecule has 4 aliphatic carbocycles. The molecule has 0 aliphatic heterocycles. The van der Waals surface area contributed by atoms with Crippen LogP contribution in [0.3, 0.4) is 0 Å². The van der Waals surface area contributed by atoms with Crippen LogP contribution in [0, 0.1) is 31.6 Å². The lowest BCUT2D eigenvalue weighted by atomic mass is 9.53. The summed E-state index contributed by atoms with van der Waals surface area (Å²) in [7, 11) is 0. The third kappa shape index (κ3) is 3.89. The number of hydrogen-bond donors (Lipinski definition) is 1. The Morgan fingerprint density at radius 3 is 2.14 bits per heavy atom. The number of hydrogen-bond acceptors (Lipinski definition) is 4. The Morgan fingerprint density at radius 2 is 1.61 bits per heavy atom. The molecule has 0 saturated heterocycles. The van der Waals surface area contributed by atoms with E-state index in [4.69, 9.17) is 9.47 Å². The van der Waals surface area contributed by atoms with Gasteiger partial charge in [-0.1, -0.05) is 18.2 Å². The van der Waals surface area contributed by atoms with E-state index in [0.29, 0.717) is 5.75 Å². The molecule has 4 aliphatic rings. The minimum atomic E-state index is -0.804. The molecule has 4 bridgehead atoms. The summed E-state index contributed by atoms with van der Waals surface area (Å²) >= 11 is 0. The smallest absolute Gasteiger partial charge is 0.344 e. The van der Waals surface area contributed by atoms with Crippen molar-refractivity contribution in [1.82, 2.24) is 5.32 Å². The quantitative estimate of drug-likeness (QED) is 0.759. The van der Waals surface area contributed by atoms with Crippen LogP contribution in [0.25, 0.3) is 0 Å². The van der Waals surface area contributed by atoms with Crippen LogP contribution < -0.4 is 10.1 Å². The van der Waals surface area contributed by atoms with Crippen molar-refractivity contribution in [2.75, 3.05) is 6.61 Å². The molecule has 0 heterocycles. The molecule has 1 N–H and O–H groups in total. The summed E-state index contributed by atoms with van der Waals surface area (Å²) in [5, 5.41) is 3.26. The third-order valence-corrected chi connectivity index (χ3v) is 6.85. The average molecular weight is 386 g/mol. The third-order valence-electron chi connectivity index (χ3n) is 6.85. The molecule has 0 unspecified atom stereocenters. The van der Waals surface area contributed by atoms with Gasteiger partial charge in [0, 0.05) is 5.54 Å². The van der Waals surface area contributed by atoms with Crippen LogP contribution in [0.1, 0.15) is 56.6 Å². The van der Waals surface area contributed by atoms with Crippen LogP contribution in [0.2, 0.25) is 0 Å². The van der Waals surface area contributed by atoms with E-state index in [2.05, 4.69) is 5.32 Å². The molecule has 5 heteroatoms. The van der Waals surface area contributed by atoms with Gasteiger partial charge >= 0.3 is 5.97 Å². The first-order valence-corrected chi connectivity index (χ1v) is 10.5. The minimum absolute atomic E-state index is 0.0682. The fourth-order valence-electron chi connectivity index (χ4n) is 6.07. The molecule has 0 spiro atoms. The fourth-order valence-corrected chi connectivity index (χ4v) is 6.07. The number of aryl methyl sites for hydroxylation is 2. The van der Waals surface area contributed by atoms with Gasteiger partial charge in [0.15, 0.2) is 12.7 Å². The SMILES string of the molecule is Cc1cccc(C)c1OCC(=O)O[C@H](C)C(=O)NC12CC3CC(CC(C3)C1)C2. The second-order valence-corrected chi connectivity index (χ2v) is 9.33. The van der Waals surface area contributed by atoms with E-state index < -0.39 is 12.1 Å². The van der Waals surface area contributed by atoms with Crippen molar-refractivity contribution in [1.29, 1.82) is 0 Å². The number of carbonyl (C=O) groups excluding carboxylic acids is 2. The van der Waals surface area contributed by atoms with Gasteiger partial charge in [-0.3, -0.25) is 4.79 Å². The predicted molar refractivity (Wildman–Crippen MR) is 106 cm³/mol. The Balaban J connectivity index is 1.29. The number of rotatable bonds is 6. The monoisotopic (exact) mass is 385 g/mol. The lowest BCUT2D eigenvalue weighted by molar-refractivity contribution is -0.158. The number of benzene rings is 1. The maximum absolute atomic E-state index is 12.7. The molecule has 4 fully saturated rings. The molecule has 1 atom stereocenters. The summed E-state index contributed by atoms with van der Waals surface area (Å²) in [5.41, 5.74) is 1.88. The Kier molecular flexibility index (Phi) is 5.11. The highest BCUT2D eigenvalue weighted by Gasteiger charge is 2.51. The highest BCUT2D eigenvalue weighted by Crippen LogP contribution is 2.55. The Hall–Kier alpha value is -2.04. The standard InChI is InChI=1S/C23H31NO4/c1-14-5-4-6-15(2)21(14)27-13-20(25)28-16(3)22(26)24-23-10-17-7-18(11-23)9-19(8-17)12-23/h4-6,16-19H,7-13H2,1-3H3,(H,24,26)/t16-,17?,18?,19?,23?/m1/s1. The second-order valence-electron chi connectivity index (χ2n) is 9.33. The fraction of sp³-hybridized carbons (Fsp3) is 0.652. The van der Waals surface area contributed by atoms with Gasteiger partial charge < -0.3 is 14.8 Å². The Bertz CT molecular complexity index is 716. The first kappa shape index (κ1) is 19.3. The molecule has 5 rings (SSSR count). The minimum Gasteiger partial charge on any atom is -0.481 e. The van der Waals surface area contributed by atoms with Gasteiger partial charge in [-0.15, -0.1) is 0 Å². The molecule has 1 aromatic carbocycles. The van der Waals surface area contributed by atoms with Crippen LogP contribution in [-0.2, 0) is 14.3 Å². The van der Waals surface area contributed by atoms with E-state index >= 15 is 0 Å². The zero-order valence-electron chi connectivity index (χ0n) is 17.1. The summed E-state index contributed by atoms with van der Waals surface area (Å²) in [6, 6.07) is 5.83. The number of carbonyl (C=O) groups is 2. The maximum Gasteiger partial charge on any atom is 0.344 e. The lowest BCUT2D eigenvalue weighted by Gasteiger charge is -2.57. The number of nitrogens with one attached hydrogen (secondary N) is 1. The molecular weight excluding hydrogens is 354 g/mol. The van der Waals surface area contributed by atoms with E-state index in [1.165, 1.54) is 19.3 Å². The van der Waals surface area contributed by atoms with Crippen molar-refractivity contribution in [3.05, 3.63) is 29.3 Å². The van der Waals surface area contributed by atoms with E-state index in [1.54, 1.807) is 6.92 Å². The van der Waals surface area contributed by atoms with Crippen LogP contribution in [0.15, 0.2) is 18.2 Å². The van der Waals surface area contributed by atoms with Gasteiger partial charge in [0.1, 0.15) is 5.75 Å². The van der Waals surface area contributed by atoms with E-state index in [9.17, 15) is 9.59 Å². The van der Waals surface area contributed by atoms with Gasteiger partial charge in [-0.25, -0.2) is 4.79 Å². The zero-order valence-corrected chi connectivity index (χ0v) is 17.1. The maximum atomic E-state index is 12.7. The lowest BCUT2D eigenvalue weighted by Crippen LogP contribution is -2.61. The van der Waals surface area contributed by atoms with Crippen molar-refractivity contribution in [3.63, 3.8) is 0 Å². The molecule has 4 saturated carbocycles. The van der Waals surface area contributed by atoms with Crippen molar-refractivity contribution in [3.8, 4) is 5.75 Å². The topological polar surface area (TPSA) is 64.6 Å². The molecule has 152 valence electrons. The molecule has 1 amide bonds.